The van der Waals surface area contributed by atoms with Crippen LogP contribution in [0.2, 0.25) is 0 Å². The minimum Gasteiger partial charge on any atom is -0.334 e. The van der Waals surface area contributed by atoms with E-state index in [1.807, 2.05) is 0 Å². The Morgan fingerprint density at radius 1 is 0.362 bits per heavy atom. The molecule has 0 bridgehead atoms. The van der Waals surface area contributed by atoms with Gasteiger partial charge >= 0.3 is 0 Å². The number of nitrogens with zero attached hydrogens (tertiary/aromatic N) is 3. The zero-order chi connectivity index (χ0) is 45.7. The molecule has 0 spiro atoms. The molecule has 10 aromatic carbocycles. The highest BCUT2D eigenvalue weighted by molar-refractivity contribution is 7.00. The van der Waals surface area contributed by atoms with Crippen LogP contribution in [0.1, 0.15) is 29.2 Å². The van der Waals surface area contributed by atoms with Crippen LogP contribution >= 0.6 is 0 Å². The van der Waals surface area contributed by atoms with E-state index in [4.69, 9.17) is 0 Å². The fourth-order valence-electron chi connectivity index (χ4n) is 13.0. The van der Waals surface area contributed by atoms with Crippen molar-refractivity contribution in [1.29, 1.82) is 0 Å². The second kappa shape index (κ2) is 15.3. The molecule has 3 aliphatic heterocycles. The molecule has 0 radical (unpaired) electrons. The predicted octanol–water partition coefficient (Wildman–Crippen LogP) is 14.1. The van der Waals surface area contributed by atoms with Crippen LogP contribution < -0.4 is 31.1 Å². The van der Waals surface area contributed by atoms with Crippen molar-refractivity contribution in [3.63, 3.8) is 0 Å². The Morgan fingerprint density at radius 3 is 1.59 bits per heavy atom. The van der Waals surface area contributed by atoms with Crippen LogP contribution in [0, 0.1) is 0 Å². The highest BCUT2D eigenvalue weighted by atomic mass is 15.3. The van der Waals surface area contributed by atoms with E-state index in [1.165, 1.54) is 95.0 Å². The Labute approximate surface area is 405 Å². The van der Waals surface area contributed by atoms with Gasteiger partial charge in [0.1, 0.15) is 0 Å². The van der Waals surface area contributed by atoms with Crippen molar-refractivity contribution >= 4 is 68.6 Å². The first kappa shape index (κ1) is 39.8. The molecule has 3 heterocycles. The summed E-state index contributed by atoms with van der Waals surface area (Å²) in [6.07, 6.45) is 1.80. The van der Waals surface area contributed by atoms with Crippen molar-refractivity contribution in [1.82, 2.24) is 0 Å². The minimum absolute atomic E-state index is 0.0139. The van der Waals surface area contributed by atoms with Gasteiger partial charge in [-0.2, -0.15) is 0 Å². The largest absolute Gasteiger partial charge is 0.334 e. The molecule has 69 heavy (non-hydrogen) atoms. The van der Waals surface area contributed by atoms with Gasteiger partial charge in [0.2, 0.25) is 0 Å². The Bertz CT molecular complexity index is 3610. The molecular weight excluding hydrogens is 834 g/mol. The third kappa shape index (κ3) is 5.82. The lowest BCUT2D eigenvalue weighted by Crippen LogP contribution is -2.62. The number of hydrogen-bond acceptors (Lipinski definition) is 3. The van der Waals surface area contributed by atoms with Crippen LogP contribution in [0.4, 0.5) is 45.5 Å². The summed E-state index contributed by atoms with van der Waals surface area (Å²) in [5.41, 5.74) is 23.1. The second-order valence-corrected chi connectivity index (χ2v) is 19.5. The SMILES string of the molecule is CC12Cc3ccccc3CC1(c1ccccc1)c1ccccc1N2c1cc2c3c(c1)N(c1cccc(-c4ccccc4)c1)c1cc(-c4ccccc4)ccc1B3c1ccccc1N2c1ccccc1. The van der Waals surface area contributed by atoms with Crippen molar-refractivity contribution in [2.45, 2.75) is 30.7 Å². The average Bonchev–Trinajstić information content (AvgIpc) is 3.65. The molecule has 0 fully saturated rings. The number of benzene rings is 10. The molecule has 1 aliphatic carbocycles. The van der Waals surface area contributed by atoms with E-state index in [1.54, 1.807) is 0 Å². The number of hydrogen-bond donors (Lipinski definition) is 0. The lowest BCUT2D eigenvalue weighted by molar-refractivity contribution is 0.281. The third-order valence-corrected chi connectivity index (χ3v) is 15.9. The first-order valence-corrected chi connectivity index (χ1v) is 24.4. The fraction of sp³-hybridized carbons (Fsp3) is 0.0769. The number of anilines is 8. The molecule has 326 valence electrons. The zero-order valence-electron chi connectivity index (χ0n) is 38.5. The zero-order valence-corrected chi connectivity index (χ0v) is 38.5. The van der Waals surface area contributed by atoms with Crippen LogP contribution in [0.5, 0.6) is 0 Å². The first-order chi connectivity index (χ1) is 34.1. The molecule has 0 N–H and O–H groups in total. The highest BCUT2D eigenvalue weighted by Gasteiger charge is 2.62. The van der Waals surface area contributed by atoms with Gasteiger partial charge in [0.25, 0.3) is 6.71 Å². The Kier molecular flexibility index (Phi) is 8.85. The summed E-state index contributed by atoms with van der Waals surface area (Å²) >= 11 is 0. The van der Waals surface area contributed by atoms with Crippen LogP contribution in [0.15, 0.2) is 249 Å². The average molecular weight is 882 g/mol. The second-order valence-electron chi connectivity index (χ2n) is 19.5. The summed E-state index contributed by atoms with van der Waals surface area (Å²) in [4.78, 5) is 7.89. The van der Waals surface area contributed by atoms with Gasteiger partial charge in [-0.05, 0) is 135 Å². The monoisotopic (exact) mass is 881 g/mol. The fourth-order valence-corrected chi connectivity index (χ4v) is 13.0. The minimum atomic E-state index is -0.387. The van der Waals surface area contributed by atoms with E-state index < -0.39 is 0 Å². The van der Waals surface area contributed by atoms with Gasteiger partial charge in [0, 0.05) is 50.9 Å². The van der Waals surface area contributed by atoms with E-state index in [0.29, 0.717) is 0 Å². The Hall–Kier alpha value is -8.34. The third-order valence-electron chi connectivity index (χ3n) is 15.9. The van der Waals surface area contributed by atoms with E-state index in [-0.39, 0.29) is 17.7 Å². The van der Waals surface area contributed by atoms with E-state index in [9.17, 15) is 0 Å². The highest BCUT2D eigenvalue weighted by Crippen LogP contribution is 2.63. The van der Waals surface area contributed by atoms with Gasteiger partial charge in [-0.25, -0.2) is 0 Å². The molecule has 0 amide bonds. The molecule has 2 unspecified atom stereocenters. The number of rotatable bonds is 6. The molecule has 4 aliphatic rings. The maximum atomic E-state index is 2.76. The molecule has 2 atom stereocenters. The van der Waals surface area contributed by atoms with Crippen molar-refractivity contribution in [2.75, 3.05) is 14.7 Å². The van der Waals surface area contributed by atoms with Crippen molar-refractivity contribution in [3.8, 4) is 22.3 Å². The molecule has 4 heteroatoms. The predicted molar refractivity (Wildman–Crippen MR) is 289 cm³/mol. The van der Waals surface area contributed by atoms with E-state index >= 15 is 0 Å². The maximum Gasteiger partial charge on any atom is 0.252 e. The van der Waals surface area contributed by atoms with Crippen LogP contribution in [0.3, 0.4) is 0 Å². The quantitative estimate of drug-likeness (QED) is 0.154. The van der Waals surface area contributed by atoms with Gasteiger partial charge in [-0.15, -0.1) is 0 Å². The van der Waals surface area contributed by atoms with E-state index in [0.717, 1.165) is 24.2 Å². The van der Waals surface area contributed by atoms with Crippen molar-refractivity contribution in [2.24, 2.45) is 0 Å². The summed E-state index contributed by atoms with van der Waals surface area (Å²) in [6.45, 7) is 2.54. The molecule has 14 rings (SSSR count). The van der Waals surface area contributed by atoms with Gasteiger partial charge in [-0.3, -0.25) is 0 Å². The van der Waals surface area contributed by atoms with Crippen molar-refractivity contribution < 1.29 is 0 Å². The summed E-state index contributed by atoms with van der Waals surface area (Å²) < 4.78 is 0. The Balaban J connectivity index is 1.10. The van der Waals surface area contributed by atoms with Crippen LogP contribution in [-0.2, 0) is 18.3 Å². The smallest absolute Gasteiger partial charge is 0.252 e. The summed E-state index contributed by atoms with van der Waals surface area (Å²) in [7, 11) is 0. The van der Waals surface area contributed by atoms with E-state index in [2.05, 4.69) is 270 Å². The lowest BCUT2D eigenvalue weighted by Gasteiger charge is -2.53. The van der Waals surface area contributed by atoms with Crippen LogP contribution in [0.25, 0.3) is 22.3 Å². The van der Waals surface area contributed by atoms with Gasteiger partial charge < -0.3 is 14.7 Å². The summed E-state index contributed by atoms with van der Waals surface area (Å²) in [6, 6.07) is 93.2. The number of para-hydroxylation sites is 3. The van der Waals surface area contributed by atoms with Crippen molar-refractivity contribution in [3.05, 3.63) is 271 Å². The molecule has 0 aromatic heterocycles. The first-order valence-electron chi connectivity index (χ1n) is 24.4. The normalized spacial score (nSPS) is 18.1. The van der Waals surface area contributed by atoms with Crippen LogP contribution in [-0.4, -0.2) is 12.3 Å². The molecular formula is C65H48BN3. The topological polar surface area (TPSA) is 9.72 Å². The van der Waals surface area contributed by atoms with Gasteiger partial charge in [0.15, 0.2) is 0 Å². The van der Waals surface area contributed by atoms with Gasteiger partial charge in [-0.1, -0.05) is 194 Å². The Morgan fingerprint density at radius 2 is 0.884 bits per heavy atom. The molecule has 3 nitrogen and oxygen atoms in total. The summed E-state index contributed by atoms with van der Waals surface area (Å²) in [5.74, 6) is 0. The molecule has 10 aromatic rings. The lowest BCUT2D eigenvalue weighted by atomic mass is 9.33. The number of fused-ring (bicyclic) bond motifs is 8. The maximum absolute atomic E-state index is 2.76. The standard InChI is InChI=1S/C65H48BN3/c1-64-43-49-25-14-15-26-50(49)44-65(64,51-28-10-4-11-29-51)55-33-16-18-35-58(55)69(64)54-41-61-63-62(42-54)68(53-32-20-27-47(39-53)45-21-6-2-7-22-45)60-40-48(46-23-8-3-9-24-46)37-38-57(60)66(63)56-34-17-19-36-59(56)67(61)52-30-12-5-13-31-52/h2-42H,43-44H2,1H3. The molecule has 0 saturated heterocycles. The summed E-state index contributed by atoms with van der Waals surface area (Å²) in [5, 5.41) is 0. The molecule has 0 saturated carbocycles. The van der Waals surface area contributed by atoms with Gasteiger partial charge in [0.05, 0.1) is 5.54 Å².